The second-order valence-corrected chi connectivity index (χ2v) is 11.6. The molecule has 0 spiro atoms. The molecule has 39 heavy (non-hydrogen) atoms. The quantitative estimate of drug-likeness (QED) is 0.361. The number of aryl methyl sites for hydroxylation is 2. The van der Waals surface area contributed by atoms with Gasteiger partial charge in [-0.25, -0.2) is 12.8 Å². The van der Waals surface area contributed by atoms with E-state index in [-0.39, 0.29) is 44.2 Å². The molecule has 9 heteroatoms. The first kappa shape index (κ1) is 29.8. The summed E-state index contributed by atoms with van der Waals surface area (Å²) in [7, 11) is -2.11. The van der Waals surface area contributed by atoms with Crippen molar-refractivity contribution in [3.05, 3.63) is 101 Å². The maximum Gasteiger partial charge on any atom is 0.242 e. The Morgan fingerprint density at radius 3 is 2.28 bits per heavy atom. The fourth-order valence-corrected chi connectivity index (χ4v) is 5.52. The minimum absolute atomic E-state index is 0.0202. The molecule has 208 valence electrons. The van der Waals surface area contributed by atoms with Gasteiger partial charge in [-0.15, -0.1) is 0 Å². The van der Waals surface area contributed by atoms with Gasteiger partial charge in [-0.05, 0) is 49.1 Å². The highest BCUT2D eigenvalue weighted by molar-refractivity contribution is 7.92. The molecule has 3 aromatic rings. The Morgan fingerprint density at radius 1 is 0.974 bits per heavy atom. The average Bonchev–Trinajstić information content (AvgIpc) is 2.90. The first-order valence-electron chi connectivity index (χ1n) is 12.8. The van der Waals surface area contributed by atoms with Crippen LogP contribution in [0.1, 0.15) is 35.1 Å². The maximum atomic E-state index is 14.6. The molecule has 3 aromatic carbocycles. The van der Waals surface area contributed by atoms with Crippen LogP contribution in [0.4, 0.5) is 10.1 Å². The Kier molecular flexibility index (Phi) is 10.2. The van der Waals surface area contributed by atoms with Gasteiger partial charge in [0.05, 0.1) is 11.9 Å². The van der Waals surface area contributed by atoms with Gasteiger partial charge < -0.3 is 10.2 Å². The molecule has 7 nitrogen and oxygen atoms in total. The third-order valence-corrected chi connectivity index (χ3v) is 7.78. The van der Waals surface area contributed by atoms with Gasteiger partial charge in [-0.3, -0.25) is 13.9 Å². The van der Waals surface area contributed by atoms with Crippen molar-refractivity contribution in [2.75, 3.05) is 24.2 Å². The number of carbonyl (C=O) groups excluding carboxylic acids is 2. The lowest BCUT2D eigenvalue weighted by molar-refractivity contribution is -0.141. The molecule has 1 atom stereocenters. The zero-order valence-corrected chi connectivity index (χ0v) is 23.7. The van der Waals surface area contributed by atoms with Crippen molar-refractivity contribution in [2.45, 2.75) is 45.7 Å². The second-order valence-electron chi connectivity index (χ2n) is 9.66. The van der Waals surface area contributed by atoms with E-state index in [0.717, 1.165) is 22.9 Å². The molecule has 3 rings (SSSR count). The highest BCUT2D eigenvalue weighted by Gasteiger charge is 2.30. The molecule has 2 amide bonds. The van der Waals surface area contributed by atoms with Crippen molar-refractivity contribution in [3.8, 4) is 0 Å². The highest BCUT2D eigenvalue weighted by Crippen LogP contribution is 2.25. The second kappa shape index (κ2) is 13.4. The van der Waals surface area contributed by atoms with Crippen LogP contribution < -0.4 is 9.62 Å². The molecule has 1 N–H and O–H groups in total. The maximum absolute atomic E-state index is 14.6. The van der Waals surface area contributed by atoms with E-state index in [1.807, 2.05) is 62.4 Å². The molecule has 0 aliphatic heterocycles. The molecule has 0 aliphatic carbocycles. The molecule has 0 saturated heterocycles. The van der Waals surface area contributed by atoms with E-state index in [2.05, 4.69) is 5.32 Å². The Bertz CT molecular complexity index is 1400. The number of nitrogens with zero attached hydrogens (tertiary/aromatic N) is 2. The Hall–Kier alpha value is -3.72. The summed E-state index contributed by atoms with van der Waals surface area (Å²) in [6.07, 6.45) is 1.59. The number of likely N-dealkylation sites (N-methyl/N-ethyl adjacent to an activating group) is 1. The third-order valence-electron chi connectivity index (χ3n) is 6.60. The predicted molar refractivity (Wildman–Crippen MR) is 152 cm³/mol. The smallest absolute Gasteiger partial charge is 0.242 e. The minimum atomic E-state index is -3.61. The Labute approximate surface area is 230 Å². The van der Waals surface area contributed by atoms with Gasteiger partial charge in [0.1, 0.15) is 11.9 Å². The third kappa shape index (κ3) is 8.13. The van der Waals surface area contributed by atoms with Crippen LogP contribution in [0.3, 0.4) is 0 Å². The van der Waals surface area contributed by atoms with Gasteiger partial charge in [-0.1, -0.05) is 60.7 Å². The van der Waals surface area contributed by atoms with Gasteiger partial charge in [-0.2, -0.15) is 0 Å². The van der Waals surface area contributed by atoms with Crippen LogP contribution in [0.2, 0.25) is 0 Å². The van der Waals surface area contributed by atoms with Crippen LogP contribution in [-0.4, -0.2) is 51.0 Å². The zero-order chi connectivity index (χ0) is 28.6. The Balaban J connectivity index is 1.87. The van der Waals surface area contributed by atoms with Crippen molar-refractivity contribution in [1.82, 2.24) is 10.2 Å². The van der Waals surface area contributed by atoms with Crippen molar-refractivity contribution in [3.63, 3.8) is 0 Å². The van der Waals surface area contributed by atoms with Crippen LogP contribution in [0, 0.1) is 19.7 Å². The van der Waals surface area contributed by atoms with E-state index in [1.165, 1.54) is 22.3 Å². The summed E-state index contributed by atoms with van der Waals surface area (Å²) >= 11 is 0. The molecule has 0 aliphatic rings. The van der Waals surface area contributed by atoms with Gasteiger partial charge in [0, 0.05) is 38.5 Å². The number of sulfonamides is 1. The van der Waals surface area contributed by atoms with E-state index in [0.29, 0.717) is 11.3 Å². The number of hydrogen-bond donors (Lipinski definition) is 1. The molecule has 0 radical (unpaired) electrons. The molecule has 0 unspecified atom stereocenters. The zero-order valence-electron chi connectivity index (χ0n) is 22.9. The highest BCUT2D eigenvalue weighted by atomic mass is 32.2. The summed E-state index contributed by atoms with van der Waals surface area (Å²) in [6.45, 7) is 3.72. The van der Waals surface area contributed by atoms with Crippen molar-refractivity contribution in [2.24, 2.45) is 0 Å². The number of hydrogen-bond acceptors (Lipinski definition) is 4. The molecular formula is C30H36FN3O4S. The van der Waals surface area contributed by atoms with Gasteiger partial charge >= 0.3 is 0 Å². The van der Waals surface area contributed by atoms with Crippen LogP contribution >= 0.6 is 0 Å². The Morgan fingerprint density at radius 2 is 1.64 bits per heavy atom. The molecule has 0 bridgehead atoms. The monoisotopic (exact) mass is 553 g/mol. The number of halogens is 1. The number of nitrogens with one attached hydrogen (secondary N) is 1. The summed E-state index contributed by atoms with van der Waals surface area (Å²) in [5, 5.41) is 2.63. The van der Waals surface area contributed by atoms with Crippen LogP contribution in [0.25, 0.3) is 0 Å². The largest absolute Gasteiger partial charge is 0.357 e. The van der Waals surface area contributed by atoms with Crippen molar-refractivity contribution < 1.29 is 22.4 Å². The van der Waals surface area contributed by atoms with E-state index < -0.39 is 21.9 Å². The number of anilines is 1. The lowest BCUT2D eigenvalue weighted by Gasteiger charge is -2.32. The van der Waals surface area contributed by atoms with Gasteiger partial charge in [0.2, 0.25) is 21.8 Å². The van der Waals surface area contributed by atoms with Gasteiger partial charge in [0.25, 0.3) is 0 Å². The predicted octanol–water partition coefficient (Wildman–Crippen LogP) is 4.37. The van der Waals surface area contributed by atoms with E-state index in [1.54, 1.807) is 18.2 Å². The summed E-state index contributed by atoms with van der Waals surface area (Å²) in [5.41, 5.74) is 3.45. The van der Waals surface area contributed by atoms with E-state index in [9.17, 15) is 22.4 Å². The normalized spacial score (nSPS) is 12.0. The first-order chi connectivity index (χ1) is 18.5. The number of benzene rings is 3. The molecule has 0 saturated carbocycles. The molecular weight excluding hydrogens is 517 g/mol. The summed E-state index contributed by atoms with van der Waals surface area (Å²) in [6, 6.07) is 20.2. The molecule has 0 heterocycles. The fourth-order valence-electron chi connectivity index (χ4n) is 4.50. The lowest BCUT2D eigenvalue weighted by Crippen LogP contribution is -2.50. The van der Waals surface area contributed by atoms with Crippen LogP contribution in [-0.2, 0) is 32.6 Å². The number of amides is 2. The minimum Gasteiger partial charge on any atom is -0.357 e. The topological polar surface area (TPSA) is 86.8 Å². The lowest BCUT2D eigenvalue weighted by atomic mass is 10.0. The van der Waals surface area contributed by atoms with Gasteiger partial charge in [0.15, 0.2) is 0 Å². The molecule has 0 aromatic heterocycles. The van der Waals surface area contributed by atoms with Crippen LogP contribution in [0.15, 0.2) is 72.8 Å². The summed E-state index contributed by atoms with van der Waals surface area (Å²) in [4.78, 5) is 28.1. The summed E-state index contributed by atoms with van der Waals surface area (Å²) in [5.74, 6) is -1.20. The average molecular weight is 554 g/mol. The fraction of sp³-hybridized carbons (Fsp3) is 0.333. The first-order valence-corrected chi connectivity index (χ1v) is 14.7. The van der Waals surface area contributed by atoms with E-state index >= 15 is 0 Å². The number of rotatable bonds is 12. The SMILES string of the molecule is CNC(=O)[C@H](Cc1ccccc1)N(Cc1ccccc1F)C(=O)CCCN(c1cc(C)ccc1C)S(C)(=O)=O. The molecule has 0 fully saturated rings. The summed E-state index contributed by atoms with van der Waals surface area (Å²) < 4.78 is 41.2. The number of carbonyl (C=O) groups is 2. The standard InChI is InChI=1S/C30H36FN3O4S/c1-22-16-17-23(2)27(19-22)34(39(4,37)38)18-10-15-29(35)33(21-25-13-8-9-14-26(25)31)28(30(36)32-3)20-24-11-6-5-7-12-24/h5-9,11-14,16-17,19,28H,10,15,18,20-21H2,1-4H3,(H,32,36)/t28-/m0/s1. The van der Waals surface area contributed by atoms with Crippen LogP contribution in [0.5, 0.6) is 0 Å². The van der Waals surface area contributed by atoms with E-state index in [4.69, 9.17) is 0 Å². The van der Waals surface area contributed by atoms with Crippen molar-refractivity contribution in [1.29, 1.82) is 0 Å². The van der Waals surface area contributed by atoms with Crippen molar-refractivity contribution >= 4 is 27.5 Å².